The maximum absolute atomic E-state index is 12.6. The Balaban J connectivity index is 1.29. The monoisotopic (exact) mass is 390 g/mol. The van der Waals surface area contributed by atoms with Crippen molar-refractivity contribution in [2.75, 3.05) is 26.2 Å². The Kier molecular flexibility index (Phi) is 5.77. The van der Waals surface area contributed by atoms with Crippen molar-refractivity contribution in [2.45, 2.75) is 37.8 Å². The zero-order valence-electron chi connectivity index (χ0n) is 16.5. The van der Waals surface area contributed by atoms with Crippen LogP contribution >= 0.6 is 0 Å². The van der Waals surface area contributed by atoms with Crippen LogP contribution in [0.4, 0.5) is 0 Å². The molecular weight excluding hydrogens is 364 g/mol. The lowest BCUT2D eigenvalue weighted by Gasteiger charge is -2.23. The van der Waals surface area contributed by atoms with Gasteiger partial charge in [0.1, 0.15) is 6.04 Å². The first-order valence-corrected chi connectivity index (χ1v) is 10.3. The third-order valence-electron chi connectivity index (χ3n) is 5.95. The van der Waals surface area contributed by atoms with Crippen molar-refractivity contribution in [3.63, 3.8) is 0 Å². The molecule has 2 fully saturated rings. The van der Waals surface area contributed by atoms with Crippen molar-refractivity contribution in [2.24, 2.45) is 0 Å². The normalized spacial score (nSPS) is 22.0. The summed E-state index contributed by atoms with van der Waals surface area (Å²) in [7, 11) is 0. The Bertz CT molecular complexity index is 946. The summed E-state index contributed by atoms with van der Waals surface area (Å²) in [6.07, 6.45) is 2.87. The number of nitriles is 1. The molecule has 6 heteroatoms. The molecule has 2 aliphatic rings. The van der Waals surface area contributed by atoms with Crippen molar-refractivity contribution in [3.05, 3.63) is 48.0 Å². The number of likely N-dealkylation sites (tertiary alicyclic amines) is 2. The van der Waals surface area contributed by atoms with Crippen molar-refractivity contribution in [1.29, 1.82) is 5.26 Å². The molecule has 0 aliphatic carbocycles. The molecule has 2 unspecified atom stereocenters. The van der Waals surface area contributed by atoms with Crippen LogP contribution < -0.4 is 5.32 Å². The van der Waals surface area contributed by atoms with Crippen LogP contribution in [0.3, 0.4) is 0 Å². The van der Waals surface area contributed by atoms with Gasteiger partial charge in [0.2, 0.25) is 11.8 Å². The van der Waals surface area contributed by atoms with Gasteiger partial charge < -0.3 is 10.2 Å². The van der Waals surface area contributed by atoms with E-state index < -0.39 is 0 Å². The lowest BCUT2D eigenvalue weighted by molar-refractivity contribution is -0.132. The number of fused-ring (bicyclic) bond motifs is 1. The summed E-state index contributed by atoms with van der Waals surface area (Å²) in [5.74, 6) is 0.0420. The van der Waals surface area contributed by atoms with Crippen LogP contribution in [-0.2, 0) is 16.0 Å². The number of nitrogens with zero attached hydrogens (tertiary/aromatic N) is 3. The summed E-state index contributed by atoms with van der Waals surface area (Å²) in [6.45, 7) is 2.47. The summed E-state index contributed by atoms with van der Waals surface area (Å²) < 4.78 is 0. The van der Waals surface area contributed by atoms with E-state index in [0.29, 0.717) is 26.1 Å². The Labute approximate surface area is 171 Å². The highest BCUT2D eigenvalue weighted by Crippen LogP contribution is 2.20. The van der Waals surface area contributed by atoms with E-state index in [4.69, 9.17) is 5.26 Å². The van der Waals surface area contributed by atoms with Gasteiger partial charge in [0.15, 0.2) is 0 Å². The lowest BCUT2D eigenvalue weighted by atomic mass is 10.0. The van der Waals surface area contributed by atoms with Gasteiger partial charge in [0.05, 0.1) is 19.0 Å². The van der Waals surface area contributed by atoms with Crippen LogP contribution in [0, 0.1) is 11.3 Å². The molecule has 0 spiro atoms. The van der Waals surface area contributed by atoms with Crippen LogP contribution in [0.5, 0.6) is 0 Å². The zero-order chi connectivity index (χ0) is 20.2. The molecule has 0 saturated carbocycles. The molecule has 2 amide bonds. The average Bonchev–Trinajstić information content (AvgIpc) is 3.37. The van der Waals surface area contributed by atoms with Crippen molar-refractivity contribution in [3.8, 4) is 6.07 Å². The number of nitrogens with one attached hydrogen (secondary N) is 1. The molecule has 29 heavy (non-hydrogen) atoms. The number of carbonyl (C=O) groups excluding carboxylic acids is 2. The van der Waals surface area contributed by atoms with Gasteiger partial charge in [0.25, 0.3) is 0 Å². The van der Waals surface area contributed by atoms with E-state index in [1.165, 1.54) is 0 Å². The highest BCUT2D eigenvalue weighted by Gasteiger charge is 2.31. The molecule has 4 rings (SSSR count). The predicted molar refractivity (Wildman–Crippen MR) is 111 cm³/mol. The first-order valence-electron chi connectivity index (χ1n) is 10.3. The van der Waals surface area contributed by atoms with Crippen LogP contribution in [0.2, 0.25) is 0 Å². The fraction of sp³-hybridized carbons (Fsp3) is 0.435. The molecule has 2 aliphatic heterocycles. The van der Waals surface area contributed by atoms with Crippen LogP contribution in [-0.4, -0.2) is 59.9 Å². The summed E-state index contributed by atoms with van der Waals surface area (Å²) in [5.41, 5.74) is 1.03. The summed E-state index contributed by atoms with van der Waals surface area (Å²) >= 11 is 0. The zero-order valence-corrected chi connectivity index (χ0v) is 16.5. The molecule has 0 radical (unpaired) electrons. The average molecular weight is 390 g/mol. The van der Waals surface area contributed by atoms with Crippen molar-refractivity contribution in [1.82, 2.24) is 15.1 Å². The van der Waals surface area contributed by atoms with Crippen molar-refractivity contribution >= 4 is 22.6 Å². The molecule has 1 N–H and O–H groups in total. The molecular formula is C23H26N4O2. The number of carbonyl (C=O) groups is 2. The molecule has 150 valence electrons. The second-order valence-corrected chi connectivity index (χ2v) is 7.98. The number of rotatable bonds is 5. The van der Waals surface area contributed by atoms with Gasteiger partial charge in [-0.3, -0.25) is 14.5 Å². The van der Waals surface area contributed by atoms with Gasteiger partial charge in [-0.15, -0.1) is 0 Å². The lowest BCUT2D eigenvalue weighted by Crippen LogP contribution is -2.43. The van der Waals surface area contributed by atoms with Gasteiger partial charge >= 0.3 is 0 Å². The molecule has 2 atom stereocenters. The van der Waals surface area contributed by atoms with E-state index in [2.05, 4.69) is 28.4 Å². The summed E-state index contributed by atoms with van der Waals surface area (Å²) in [6, 6.07) is 16.2. The van der Waals surface area contributed by atoms with Gasteiger partial charge in [0, 0.05) is 25.7 Å². The number of amides is 2. The van der Waals surface area contributed by atoms with Gasteiger partial charge in [-0.25, -0.2) is 0 Å². The van der Waals surface area contributed by atoms with Gasteiger partial charge in [-0.1, -0.05) is 42.5 Å². The first-order chi connectivity index (χ1) is 14.1. The molecule has 2 heterocycles. The second kappa shape index (κ2) is 8.62. The van der Waals surface area contributed by atoms with Gasteiger partial charge in [-0.05, 0) is 35.6 Å². The first kappa shape index (κ1) is 19.4. The fourth-order valence-electron chi connectivity index (χ4n) is 4.47. The largest absolute Gasteiger partial charge is 0.352 e. The standard InChI is InChI=1S/C23H26N4O2/c24-14-20-8-4-11-27(20)23(29)16-26-12-10-19(15-26)25-22(28)13-18-7-3-6-17-5-1-2-9-21(17)18/h1-3,5-7,9,19-20H,4,8,10-13,15-16H2,(H,25,28). The smallest absolute Gasteiger partial charge is 0.237 e. The van der Waals surface area contributed by atoms with E-state index in [9.17, 15) is 9.59 Å². The SMILES string of the molecule is N#CC1CCCN1C(=O)CN1CCC(NC(=O)Cc2cccc3ccccc23)C1. The van der Waals surface area contributed by atoms with E-state index in [1.807, 2.05) is 30.3 Å². The molecule has 2 aromatic rings. The fourth-order valence-corrected chi connectivity index (χ4v) is 4.47. The second-order valence-electron chi connectivity index (χ2n) is 7.98. The van der Waals surface area contributed by atoms with Crippen LogP contribution in [0.25, 0.3) is 10.8 Å². The molecule has 0 bridgehead atoms. The molecule has 2 aromatic carbocycles. The summed E-state index contributed by atoms with van der Waals surface area (Å²) in [4.78, 5) is 28.9. The van der Waals surface area contributed by atoms with E-state index in [1.54, 1.807) is 4.90 Å². The van der Waals surface area contributed by atoms with Gasteiger partial charge in [-0.2, -0.15) is 5.26 Å². The highest BCUT2D eigenvalue weighted by atomic mass is 16.2. The predicted octanol–water partition coefficient (Wildman–Crippen LogP) is 2.09. The molecule has 6 nitrogen and oxygen atoms in total. The third-order valence-corrected chi connectivity index (χ3v) is 5.95. The summed E-state index contributed by atoms with van der Waals surface area (Å²) in [5, 5.41) is 14.5. The van der Waals surface area contributed by atoms with Crippen molar-refractivity contribution < 1.29 is 9.59 Å². The van der Waals surface area contributed by atoms with Crippen LogP contribution in [0.1, 0.15) is 24.8 Å². The maximum Gasteiger partial charge on any atom is 0.237 e. The minimum Gasteiger partial charge on any atom is -0.352 e. The molecule has 0 aromatic heterocycles. The Morgan fingerprint density at radius 3 is 2.79 bits per heavy atom. The Hall–Kier alpha value is -2.91. The minimum atomic E-state index is -0.277. The van der Waals surface area contributed by atoms with E-state index in [0.717, 1.165) is 42.1 Å². The third kappa shape index (κ3) is 4.41. The number of hydrogen-bond acceptors (Lipinski definition) is 4. The topological polar surface area (TPSA) is 76.4 Å². The Morgan fingerprint density at radius 2 is 1.93 bits per heavy atom. The highest BCUT2D eigenvalue weighted by molar-refractivity contribution is 5.90. The number of hydrogen-bond donors (Lipinski definition) is 1. The maximum atomic E-state index is 12.6. The quantitative estimate of drug-likeness (QED) is 0.848. The number of benzene rings is 2. The molecule has 2 saturated heterocycles. The minimum absolute atomic E-state index is 0.0172. The Morgan fingerprint density at radius 1 is 1.10 bits per heavy atom. The van der Waals surface area contributed by atoms with Crippen LogP contribution in [0.15, 0.2) is 42.5 Å². The van der Waals surface area contributed by atoms with E-state index >= 15 is 0 Å². The van der Waals surface area contributed by atoms with E-state index in [-0.39, 0.29) is 23.9 Å².